The largest absolute Gasteiger partial charge is 0.425 e. The van der Waals surface area contributed by atoms with Crippen LogP contribution < -0.4 is 4.74 Å². The molecule has 0 saturated carbocycles. The predicted molar refractivity (Wildman–Crippen MR) is 69.1 cm³/mol. The molecule has 0 radical (unpaired) electrons. The number of carbonyl (C=O) groups excluding carboxylic acids is 1. The van der Waals surface area contributed by atoms with Gasteiger partial charge in [0, 0.05) is 12.5 Å². The van der Waals surface area contributed by atoms with Gasteiger partial charge >= 0.3 is 5.97 Å². The molecular formula is C12H9BrClNO2. The molecule has 0 spiro atoms. The monoisotopic (exact) mass is 313 g/mol. The van der Waals surface area contributed by atoms with Crippen LogP contribution in [0.5, 0.6) is 5.75 Å². The van der Waals surface area contributed by atoms with E-state index in [2.05, 4.69) is 22.5 Å². The lowest BCUT2D eigenvalue weighted by atomic mass is 10.1. The molecule has 0 amide bonds. The first kappa shape index (κ1) is 13.8. The maximum absolute atomic E-state index is 11.0. The molecule has 0 fully saturated rings. The summed E-state index contributed by atoms with van der Waals surface area (Å²) in [6, 6.07) is 3.50. The Bertz CT molecular complexity index is 520. The number of ether oxygens (including phenoxy) is 1. The summed E-state index contributed by atoms with van der Waals surface area (Å²) in [6.07, 6.45) is 2.04. The average molecular weight is 315 g/mol. The zero-order valence-corrected chi connectivity index (χ0v) is 11.4. The lowest BCUT2D eigenvalue weighted by molar-refractivity contribution is -0.131. The van der Waals surface area contributed by atoms with Gasteiger partial charge in [-0.15, -0.1) is 6.58 Å². The standard InChI is InChI=1S/C12H9BrClNO2/c1-3-4-9-11(14)8(6-15)5-10(13)12(9)17-7(2)16/h3,5H,1,4H2,2H3. The highest BCUT2D eigenvalue weighted by Crippen LogP contribution is 2.37. The molecule has 0 aromatic heterocycles. The molecule has 0 N–H and O–H groups in total. The van der Waals surface area contributed by atoms with Gasteiger partial charge in [-0.2, -0.15) is 5.26 Å². The molecule has 0 bridgehead atoms. The van der Waals surface area contributed by atoms with E-state index in [1.165, 1.54) is 13.0 Å². The number of hydrogen-bond acceptors (Lipinski definition) is 3. The highest BCUT2D eigenvalue weighted by Gasteiger charge is 2.17. The lowest BCUT2D eigenvalue weighted by Gasteiger charge is -2.12. The van der Waals surface area contributed by atoms with E-state index in [1.807, 2.05) is 6.07 Å². The van der Waals surface area contributed by atoms with Crippen LogP contribution in [0.25, 0.3) is 0 Å². The number of rotatable bonds is 3. The molecule has 1 aromatic rings. The fourth-order valence-corrected chi connectivity index (χ4v) is 2.13. The van der Waals surface area contributed by atoms with Gasteiger partial charge in [-0.05, 0) is 28.4 Å². The molecule has 0 saturated heterocycles. The fraction of sp³-hybridized carbons (Fsp3) is 0.167. The van der Waals surface area contributed by atoms with Crippen LogP contribution in [0.2, 0.25) is 5.02 Å². The molecule has 1 rings (SSSR count). The van der Waals surface area contributed by atoms with Crippen molar-refractivity contribution in [2.45, 2.75) is 13.3 Å². The molecule has 0 unspecified atom stereocenters. The fourth-order valence-electron chi connectivity index (χ4n) is 1.32. The van der Waals surface area contributed by atoms with Crippen LogP contribution in [-0.2, 0) is 11.2 Å². The van der Waals surface area contributed by atoms with Gasteiger partial charge in [0.05, 0.1) is 15.1 Å². The lowest BCUT2D eigenvalue weighted by Crippen LogP contribution is -2.05. The van der Waals surface area contributed by atoms with E-state index in [0.29, 0.717) is 27.8 Å². The molecule has 0 aliphatic carbocycles. The van der Waals surface area contributed by atoms with Crippen LogP contribution >= 0.6 is 27.5 Å². The van der Waals surface area contributed by atoms with E-state index in [4.69, 9.17) is 21.6 Å². The summed E-state index contributed by atoms with van der Waals surface area (Å²) in [5.74, 6) is -0.113. The molecule has 0 heterocycles. The first-order chi connectivity index (χ1) is 8.01. The molecule has 5 heteroatoms. The number of halogens is 2. The van der Waals surface area contributed by atoms with E-state index in [0.717, 1.165) is 0 Å². The minimum absolute atomic E-state index is 0.284. The SMILES string of the molecule is C=CCc1c(Cl)c(C#N)cc(Br)c1OC(C)=O. The Balaban J connectivity index is 3.46. The Labute approximate surface area is 113 Å². The number of esters is 1. The summed E-state index contributed by atoms with van der Waals surface area (Å²) in [5.41, 5.74) is 0.897. The highest BCUT2D eigenvalue weighted by atomic mass is 79.9. The Kier molecular flexibility index (Phi) is 4.73. The van der Waals surface area contributed by atoms with E-state index in [1.54, 1.807) is 6.08 Å². The van der Waals surface area contributed by atoms with Crippen LogP contribution in [0.1, 0.15) is 18.1 Å². The summed E-state index contributed by atoms with van der Waals surface area (Å²) < 4.78 is 5.60. The maximum atomic E-state index is 11.0. The molecule has 17 heavy (non-hydrogen) atoms. The van der Waals surface area contributed by atoms with Crippen molar-refractivity contribution in [3.05, 3.63) is 39.3 Å². The third kappa shape index (κ3) is 3.09. The number of allylic oxidation sites excluding steroid dienone is 1. The van der Waals surface area contributed by atoms with Gasteiger partial charge in [0.1, 0.15) is 11.8 Å². The van der Waals surface area contributed by atoms with Gasteiger partial charge < -0.3 is 4.74 Å². The van der Waals surface area contributed by atoms with Crippen LogP contribution in [0, 0.1) is 11.3 Å². The van der Waals surface area contributed by atoms with Gasteiger partial charge in [0.25, 0.3) is 0 Å². The summed E-state index contributed by atoms with van der Waals surface area (Å²) in [5, 5.41) is 9.20. The van der Waals surface area contributed by atoms with Crippen LogP contribution in [0.4, 0.5) is 0 Å². The summed E-state index contributed by atoms with van der Waals surface area (Å²) in [4.78, 5) is 11.0. The Hall–Kier alpha value is -1.31. The van der Waals surface area contributed by atoms with Crippen molar-refractivity contribution < 1.29 is 9.53 Å². The second-order valence-electron chi connectivity index (χ2n) is 3.23. The molecule has 0 aliphatic heterocycles. The van der Waals surface area contributed by atoms with Crippen molar-refractivity contribution >= 4 is 33.5 Å². The van der Waals surface area contributed by atoms with E-state index >= 15 is 0 Å². The first-order valence-electron chi connectivity index (χ1n) is 4.71. The zero-order chi connectivity index (χ0) is 13.0. The second-order valence-corrected chi connectivity index (χ2v) is 4.46. The minimum atomic E-state index is -0.447. The third-order valence-corrected chi connectivity index (χ3v) is 3.00. The van der Waals surface area contributed by atoms with Gasteiger partial charge in [-0.25, -0.2) is 0 Å². The van der Waals surface area contributed by atoms with Crippen molar-refractivity contribution in [1.82, 2.24) is 0 Å². The van der Waals surface area contributed by atoms with Crippen molar-refractivity contribution in [3.63, 3.8) is 0 Å². The molecular weight excluding hydrogens is 305 g/mol. The van der Waals surface area contributed by atoms with Crippen molar-refractivity contribution in [2.75, 3.05) is 0 Å². The maximum Gasteiger partial charge on any atom is 0.308 e. The van der Waals surface area contributed by atoms with Gasteiger partial charge in [-0.3, -0.25) is 4.79 Å². The Morgan fingerprint density at radius 2 is 2.41 bits per heavy atom. The van der Waals surface area contributed by atoms with Crippen molar-refractivity contribution in [3.8, 4) is 11.8 Å². The highest BCUT2D eigenvalue weighted by molar-refractivity contribution is 9.10. The predicted octanol–water partition coefficient (Wildman–Crippen LogP) is 3.63. The normalized spacial score (nSPS) is 9.53. The van der Waals surface area contributed by atoms with Gasteiger partial charge in [-0.1, -0.05) is 17.7 Å². The quantitative estimate of drug-likeness (QED) is 0.486. The molecule has 0 aliphatic rings. The number of nitrogens with zero attached hydrogens (tertiary/aromatic N) is 1. The number of hydrogen-bond donors (Lipinski definition) is 0. The van der Waals surface area contributed by atoms with Crippen molar-refractivity contribution in [1.29, 1.82) is 5.26 Å². The third-order valence-electron chi connectivity index (χ3n) is 1.98. The van der Waals surface area contributed by atoms with E-state index in [-0.39, 0.29) is 5.02 Å². The Morgan fingerprint density at radius 3 is 2.88 bits per heavy atom. The van der Waals surface area contributed by atoms with Crippen LogP contribution in [0.15, 0.2) is 23.2 Å². The molecule has 3 nitrogen and oxygen atoms in total. The van der Waals surface area contributed by atoms with Gasteiger partial charge in [0.15, 0.2) is 0 Å². The Morgan fingerprint density at radius 1 is 1.76 bits per heavy atom. The number of nitriles is 1. The van der Waals surface area contributed by atoms with E-state index < -0.39 is 5.97 Å². The summed E-state index contributed by atoms with van der Waals surface area (Å²) in [6.45, 7) is 4.91. The van der Waals surface area contributed by atoms with E-state index in [9.17, 15) is 4.79 Å². The molecule has 0 atom stereocenters. The van der Waals surface area contributed by atoms with Crippen LogP contribution in [-0.4, -0.2) is 5.97 Å². The average Bonchev–Trinajstić information content (AvgIpc) is 2.27. The smallest absolute Gasteiger partial charge is 0.308 e. The zero-order valence-electron chi connectivity index (χ0n) is 9.09. The summed E-state index contributed by atoms with van der Waals surface area (Å²) >= 11 is 9.32. The minimum Gasteiger partial charge on any atom is -0.425 e. The van der Waals surface area contributed by atoms with Gasteiger partial charge in [0.2, 0.25) is 0 Å². The van der Waals surface area contributed by atoms with Crippen LogP contribution in [0.3, 0.4) is 0 Å². The second kappa shape index (κ2) is 5.85. The first-order valence-corrected chi connectivity index (χ1v) is 5.88. The number of benzene rings is 1. The van der Waals surface area contributed by atoms with Crippen molar-refractivity contribution in [2.24, 2.45) is 0 Å². The molecule has 1 aromatic carbocycles. The number of carbonyl (C=O) groups is 1. The molecule has 88 valence electrons. The topological polar surface area (TPSA) is 50.1 Å². The summed E-state index contributed by atoms with van der Waals surface area (Å²) in [7, 11) is 0.